The average molecular weight is 324 g/mol. The van der Waals surface area contributed by atoms with Gasteiger partial charge < -0.3 is 10.0 Å². The number of likely N-dealkylation sites (N-methyl/N-ethyl adjacent to an activating group) is 1. The van der Waals surface area contributed by atoms with Crippen molar-refractivity contribution in [1.82, 2.24) is 9.88 Å². The monoisotopic (exact) mass is 324 g/mol. The molecule has 0 aliphatic rings. The topological polar surface area (TPSA) is 53.4 Å². The maximum absolute atomic E-state index is 12.7. The summed E-state index contributed by atoms with van der Waals surface area (Å²) in [5.74, 6) is -0.275. The molecule has 0 radical (unpaired) electrons. The van der Waals surface area contributed by atoms with Gasteiger partial charge >= 0.3 is 6.18 Å². The van der Waals surface area contributed by atoms with Crippen LogP contribution in [0.15, 0.2) is 42.5 Å². The lowest BCUT2D eigenvalue weighted by molar-refractivity contribution is -0.141. The number of carbonyl (C=O) groups excluding carboxylic acids is 1. The van der Waals surface area contributed by atoms with Crippen molar-refractivity contribution in [3.63, 3.8) is 0 Å². The van der Waals surface area contributed by atoms with E-state index in [1.54, 1.807) is 19.2 Å². The smallest absolute Gasteiger partial charge is 0.395 e. The number of aliphatic hydroxyl groups is 1. The van der Waals surface area contributed by atoms with Crippen molar-refractivity contribution in [2.45, 2.75) is 6.18 Å². The van der Waals surface area contributed by atoms with Crippen LogP contribution in [0.1, 0.15) is 16.1 Å². The van der Waals surface area contributed by atoms with E-state index in [4.69, 9.17) is 5.11 Å². The SMILES string of the molecule is CN(CCO)C(=O)c1ccc(-c2cccc(C(F)(F)F)n2)cc1. The second-order valence-electron chi connectivity index (χ2n) is 4.93. The second kappa shape index (κ2) is 6.78. The Morgan fingerprint density at radius 1 is 1.17 bits per heavy atom. The van der Waals surface area contributed by atoms with Crippen LogP contribution >= 0.6 is 0 Å². The molecule has 0 spiro atoms. The standard InChI is InChI=1S/C16H15F3N2O2/c1-21(9-10-22)15(23)12-7-5-11(6-8-12)13-3-2-4-14(20-13)16(17,18)19/h2-8,22H,9-10H2,1H3. The van der Waals surface area contributed by atoms with Crippen molar-refractivity contribution in [2.75, 3.05) is 20.2 Å². The molecule has 122 valence electrons. The predicted octanol–water partition coefficient (Wildman–Crippen LogP) is 2.83. The average Bonchev–Trinajstić information content (AvgIpc) is 2.54. The first-order valence-corrected chi connectivity index (χ1v) is 6.84. The van der Waals surface area contributed by atoms with Gasteiger partial charge in [-0.3, -0.25) is 4.79 Å². The minimum absolute atomic E-state index is 0.144. The second-order valence-corrected chi connectivity index (χ2v) is 4.93. The fourth-order valence-electron chi connectivity index (χ4n) is 2.01. The highest BCUT2D eigenvalue weighted by Crippen LogP contribution is 2.29. The molecule has 1 N–H and O–H groups in total. The van der Waals surface area contributed by atoms with Gasteiger partial charge in [-0.2, -0.15) is 13.2 Å². The Morgan fingerprint density at radius 3 is 2.39 bits per heavy atom. The number of rotatable bonds is 4. The van der Waals surface area contributed by atoms with E-state index >= 15 is 0 Å². The summed E-state index contributed by atoms with van der Waals surface area (Å²) in [4.78, 5) is 17.0. The van der Waals surface area contributed by atoms with Crippen LogP contribution in [0.2, 0.25) is 0 Å². The lowest BCUT2D eigenvalue weighted by Crippen LogP contribution is -2.29. The number of halogens is 3. The summed E-state index contributed by atoms with van der Waals surface area (Å²) in [5, 5.41) is 8.82. The number of carbonyl (C=O) groups is 1. The molecule has 2 rings (SSSR count). The van der Waals surface area contributed by atoms with Gasteiger partial charge in [-0.15, -0.1) is 0 Å². The summed E-state index contributed by atoms with van der Waals surface area (Å²) >= 11 is 0. The molecule has 0 saturated carbocycles. The Hall–Kier alpha value is -2.41. The Kier molecular flexibility index (Phi) is 5.00. The zero-order valence-corrected chi connectivity index (χ0v) is 12.3. The molecule has 7 heteroatoms. The first-order valence-electron chi connectivity index (χ1n) is 6.84. The number of amides is 1. The number of alkyl halides is 3. The third kappa shape index (κ3) is 4.07. The predicted molar refractivity (Wildman–Crippen MR) is 78.7 cm³/mol. The minimum Gasteiger partial charge on any atom is -0.395 e. The Balaban J connectivity index is 2.25. The number of benzene rings is 1. The van der Waals surface area contributed by atoms with Gasteiger partial charge in [0.1, 0.15) is 5.69 Å². The lowest BCUT2D eigenvalue weighted by Gasteiger charge is -2.15. The van der Waals surface area contributed by atoms with E-state index in [-0.39, 0.29) is 24.8 Å². The normalized spacial score (nSPS) is 11.3. The number of aliphatic hydroxyl groups excluding tert-OH is 1. The number of aromatic nitrogens is 1. The van der Waals surface area contributed by atoms with Gasteiger partial charge in [0.25, 0.3) is 5.91 Å². The molecule has 0 fully saturated rings. The number of hydrogen-bond acceptors (Lipinski definition) is 3. The van der Waals surface area contributed by atoms with Crippen molar-refractivity contribution >= 4 is 5.91 Å². The zero-order chi connectivity index (χ0) is 17.0. The maximum atomic E-state index is 12.7. The van der Waals surface area contributed by atoms with Crippen molar-refractivity contribution in [3.05, 3.63) is 53.7 Å². The summed E-state index contributed by atoms with van der Waals surface area (Å²) in [6.45, 7) is 0.0598. The van der Waals surface area contributed by atoms with E-state index in [0.717, 1.165) is 6.07 Å². The molecular weight excluding hydrogens is 309 g/mol. The third-order valence-electron chi connectivity index (χ3n) is 3.25. The summed E-state index contributed by atoms with van der Waals surface area (Å²) in [5.41, 5.74) is 0.0921. The first kappa shape index (κ1) is 17.0. The molecule has 1 heterocycles. The van der Waals surface area contributed by atoms with Crippen LogP contribution in [0.4, 0.5) is 13.2 Å². The van der Waals surface area contributed by atoms with Crippen LogP contribution in [0.25, 0.3) is 11.3 Å². The summed E-state index contributed by atoms with van der Waals surface area (Å²) in [6.07, 6.45) is -4.50. The molecule has 1 amide bonds. The molecule has 0 aliphatic heterocycles. The maximum Gasteiger partial charge on any atom is 0.433 e. The molecule has 23 heavy (non-hydrogen) atoms. The van der Waals surface area contributed by atoms with E-state index in [1.165, 1.54) is 29.2 Å². The molecule has 0 saturated heterocycles. The fourth-order valence-corrected chi connectivity index (χ4v) is 2.01. The number of nitrogens with zero attached hydrogens (tertiary/aromatic N) is 2. The highest BCUT2D eigenvalue weighted by Gasteiger charge is 2.32. The summed E-state index contributed by atoms with van der Waals surface area (Å²) < 4.78 is 38.0. The van der Waals surface area contributed by atoms with Crippen LogP contribution in [0, 0.1) is 0 Å². The molecular formula is C16H15F3N2O2. The van der Waals surface area contributed by atoms with Gasteiger partial charge in [0, 0.05) is 24.7 Å². The third-order valence-corrected chi connectivity index (χ3v) is 3.25. The minimum atomic E-state index is -4.50. The Morgan fingerprint density at radius 2 is 1.83 bits per heavy atom. The number of hydrogen-bond donors (Lipinski definition) is 1. The van der Waals surface area contributed by atoms with E-state index in [1.807, 2.05) is 0 Å². The molecule has 0 aliphatic carbocycles. The first-order chi connectivity index (χ1) is 10.8. The summed E-state index contributed by atoms with van der Waals surface area (Å²) in [6, 6.07) is 9.81. The van der Waals surface area contributed by atoms with Gasteiger partial charge in [0.15, 0.2) is 0 Å². The Labute approximate surface area is 131 Å². The van der Waals surface area contributed by atoms with E-state index in [2.05, 4.69) is 4.98 Å². The van der Waals surface area contributed by atoms with Crippen LogP contribution in [-0.4, -0.2) is 41.1 Å². The van der Waals surface area contributed by atoms with Crippen molar-refractivity contribution in [2.24, 2.45) is 0 Å². The molecule has 2 aromatic rings. The van der Waals surface area contributed by atoms with Crippen molar-refractivity contribution < 1.29 is 23.1 Å². The van der Waals surface area contributed by atoms with Crippen molar-refractivity contribution in [3.8, 4) is 11.3 Å². The quantitative estimate of drug-likeness (QED) is 0.941. The highest BCUT2D eigenvalue weighted by molar-refractivity contribution is 5.94. The zero-order valence-electron chi connectivity index (χ0n) is 12.3. The van der Waals surface area contributed by atoms with Crippen molar-refractivity contribution in [1.29, 1.82) is 0 Å². The highest BCUT2D eigenvalue weighted by atomic mass is 19.4. The van der Waals surface area contributed by atoms with Crippen LogP contribution in [0.3, 0.4) is 0 Å². The van der Waals surface area contributed by atoms with E-state index in [9.17, 15) is 18.0 Å². The lowest BCUT2D eigenvalue weighted by atomic mass is 10.1. The molecule has 1 aromatic heterocycles. The summed E-state index contributed by atoms with van der Waals surface area (Å²) in [7, 11) is 1.56. The van der Waals surface area contributed by atoms with Gasteiger partial charge in [-0.1, -0.05) is 18.2 Å². The Bertz CT molecular complexity index is 684. The van der Waals surface area contributed by atoms with Crippen LogP contribution < -0.4 is 0 Å². The van der Waals surface area contributed by atoms with Crippen LogP contribution in [-0.2, 0) is 6.18 Å². The van der Waals surface area contributed by atoms with Gasteiger partial charge in [-0.25, -0.2) is 4.98 Å². The molecule has 0 atom stereocenters. The molecule has 1 aromatic carbocycles. The van der Waals surface area contributed by atoms with Gasteiger partial charge in [0.05, 0.1) is 12.3 Å². The molecule has 4 nitrogen and oxygen atoms in total. The van der Waals surface area contributed by atoms with Gasteiger partial charge in [-0.05, 0) is 24.3 Å². The van der Waals surface area contributed by atoms with Crippen LogP contribution in [0.5, 0.6) is 0 Å². The fraction of sp³-hybridized carbons (Fsp3) is 0.250. The number of pyridine rings is 1. The largest absolute Gasteiger partial charge is 0.433 e. The van der Waals surface area contributed by atoms with E-state index in [0.29, 0.717) is 11.1 Å². The van der Waals surface area contributed by atoms with Gasteiger partial charge in [0.2, 0.25) is 0 Å². The molecule has 0 unspecified atom stereocenters. The van der Waals surface area contributed by atoms with E-state index < -0.39 is 11.9 Å². The molecule has 0 bridgehead atoms.